The summed E-state index contributed by atoms with van der Waals surface area (Å²) >= 11 is 3.52. The summed E-state index contributed by atoms with van der Waals surface area (Å²) < 4.78 is 12.2. The van der Waals surface area contributed by atoms with Crippen molar-refractivity contribution < 1.29 is 23.9 Å². The number of benzene rings is 3. The number of nitrogens with zero attached hydrogens (tertiary/aromatic N) is 4. The third-order valence-corrected chi connectivity index (χ3v) is 9.14. The van der Waals surface area contributed by atoms with Crippen molar-refractivity contribution in [2.75, 3.05) is 28.2 Å². The zero-order valence-corrected chi connectivity index (χ0v) is 31.8. The molecule has 1 saturated heterocycles. The van der Waals surface area contributed by atoms with Gasteiger partial charge in [0.25, 0.3) is 5.91 Å². The molecule has 0 bridgehead atoms. The highest BCUT2D eigenvalue weighted by molar-refractivity contribution is 9.10. The average molecular weight is 780 g/mol. The van der Waals surface area contributed by atoms with Gasteiger partial charge in [-0.25, -0.2) is 14.6 Å². The van der Waals surface area contributed by atoms with Crippen LogP contribution in [-0.4, -0.2) is 52.8 Å². The van der Waals surface area contributed by atoms with Crippen LogP contribution in [0.4, 0.5) is 26.7 Å². The summed E-state index contributed by atoms with van der Waals surface area (Å²) in [5, 5.41) is 6.81. The smallest absolute Gasteiger partial charge is 0.415 e. The molecule has 11 nitrogen and oxygen atoms in total. The fraction of sp³-hybridized carbons (Fsp3) is 0.293. The minimum atomic E-state index is -0.627. The number of hydrogen-bond donors (Lipinski definition) is 2. The van der Waals surface area contributed by atoms with Gasteiger partial charge in [0.15, 0.2) is 5.69 Å². The Kier molecular flexibility index (Phi) is 11.6. The highest BCUT2D eigenvalue weighted by Gasteiger charge is 2.31. The summed E-state index contributed by atoms with van der Waals surface area (Å²) in [4.78, 5) is 53.9. The fourth-order valence-corrected chi connectivity index (χ4v) is 6.73. The van der Waals surface area contributed by atoms with Crippen LogP contribution in [-0.2, 0) is 22.6 Å². The molecule has 0 radical (unpaired) electrons. The molecule has 0 unspecified atom stereocenters. The lowest BCUT2D eigenvalue weighted by atomic mass is 9.95. The number of alkyl carbamates (subject to hydrolysis) is 1. The van der Waals surface area contributed by atoms with Crippen molar-refractivity contribution in [2.45, 2.75) is 58.9 Å². The molecule has 3 heterocycles. The molecule has 2 atom stereocenters. The number of anilines is 3. The van der Waals surface area contributed by atoms with E-state index in [2.05, 4.69) is 43.4 Å². The lowest BCUT2D eigenvalue weighted by Crippen LogP contribution is -2.51. The normalized spacial score (nSPS) is 15.8. The molecule has 3 amide bonds. The number of ether oxygens (including phenoxy) is 2. The molecular formula is C41H43BrN6O5. The van der Waals surface area contributed by atoms with Crippen molar-refractivity contribution in [1.29, 1.82) is 0 Å². The molecule has 274 valence electrons. The minimum absolute atomic E-state index is 0.0366. The summed E-state index contributed by atoms with van der Waals surface area (Å²) in [7, 11) is 0. The molecule has 1 aliphatic heterocycles. The molecule has 12 heteroatoms. The Bertz CT molecular complexity index is 2070. The molecule has 53 heavy (non-hydrogen) atoms. The highest BCUT2D eigenvalue weighted by atomic mass is 79.9. The molecule has 0 spiro atoms. The number of fused-ring (bicyclic) bond motifs is 1. The second-order valence-electron chi connectivity index (χ2n) is 14.2. The number of nitrogens with one attached hydrogen (secondary N) is 2. The van der Waals surface area contributed by atoms with Crippen LogP contribution in [0.3, 0.4) is 0 Å². The number of halogens is 1. The van der Waals surface area contributed by atoms with Crippen molar-refractivity contribution in [1.82, 2.24) is 15.3 Å². The topological polar surface area (TPSA) is 126 Å². The predicted octanol–water partition coefficient (Wildman–Crippen LogP) is 8.73. The molecule has 2 N–H and O–H groups in total. The molecule has 1 aliphatic rings. The summed E-state index contributed by atoms with van der Waals surface area (Å²) in [6.45, 7) is 9.00. The van der Waals surface area contributed by atoms with Crippen LogP contribution < -0.4 is 20.4 Å². The monoisotopic (exact) mass is 778 g/mol. The van der Waals surface area contributed by atoms with Crippen molar-refractivity contribution in [3.05, 3.63) is 125 Å². The molecule has 2 aromatic heterocycles. The molecule has 1 fully saturated rings. The van der Waals surface area contributed by atoms with Gasteiger partial charge < -0.3 is 25.0 Å². The van der Waals surface area contributed by atoms with Gasteiger partial charge in [0.1, 0.15) is 12.2 Å². The van der Waals surface area contributed by atoms with E-state index in [-0.39, 0.29) is 36.5 Å². The largest absolute Gasteiger partial charge is 0.444 e. The van der Waals surface area contributed by atoms with Gasteiger partial charge in [0.05, 0.1) is 35.3 Å². The first-order valence-corrected chi connectivity index (χ1v) is 18.3. The zero-order valence-electron chi connectivity index (χ0n) is 30.2. The number of carbonyl (C=O) groups excluding carboxylic acids is 3. The van der Waals surface area contributed by atoms with Crippen LogP contribution in [0.15, 0.2) is 108 Å². The maximum Gasteiger partial charge on any atom is 0.415 e. The van der Waals surface area contributed by atoms with Crippen LogP contribution in [0.1, 0.15) is 55.7 Å². The number of pyridine rings is 2. The van der Waals surface area contributed by atoms with E-state index >= 15 is 0 Å². The van der Waals surface area contributed by atoms with Gasteiger partial charge in [-0.2, -0.15) is 0 Å². The average Bonchev–Trinajstić information content (AvgIpc) is 3.12. The zero-order chi connectivity index (χ0) is 37.5. The van der Waals surface area contributed by atoms with Crippen LogP contribution in [0, 0.1) is 5.92 Å². The summed E-state index contributed by atoms with van der Waals surface area (Å²) in [6.07, 6.45) is 2.94. The van der Waals surface area contributed by atoms with E-state index in [1.165, 1.54) is 4.90 Å². The van der Waals surface area contributed by atoms with E-state index in [4.69, 9.17) is 14.5 Å². The van der Waals surface area contributed by atoms with Crippen molar-refractivity contribution in [3.63, 3.8) is 0 Å². The number of hydrogen-bond acceptors (Lipinski definition) is 8. The summed E-state index contributed by atoms with van der Waals surface area (Å²) in [6, 6.07) is 28.0. The number of aromatic nitrogens is 2. The summed E-state index contributed by atoms with van der Waals surface area (Å²) in [5.74, 6) is -0.292. The Morgan fingerprint density at radius 2 is 1.66 bits per heavy atom. The SMILES string of the molecule is C[C@@H]1C[C@H](NC(=O)OC(C)(C)C)CN(c2ccncc2NC(=O)c2nc3cc(Br)ccc3cc2N(Cc2ccccc2)C(=O)OCc2ccccc2)C1. The molecule has 6 rings (SSSR count). The Morgan fingerprint density at radius 3 is 2.38 bits per heavy atom. The first-order valence-electron chi connectivity index (χ1n) is 17.5. The Hall–Kier alpha value is -5.49. The Labute approximate surface area is 317 Å². The quantitative estimate of drug-likeness (QED) is 0.152. The van der Waals surface area contributed by atoms with Crippen LogP contribution in [0.25, 0.3) is 10.9 Å². The number of carbonyl (C=O) groups is 3. The predicted molar refractivity (Wildman–Crippen MR) is 210 cm³/mol. The highest BCUT2D eigenvalue weighted by Crippen LogP contribution is 2.33. The summed E-state index contributed by atoms with van der Waals surface area (Å²) in [5.41, 5.74) is 3.16. The van der Waals surface area contributed by atoms with Crippen molar-refractivity contribution >= 4 is 62.0 Å². The number of amides is 3. The third-order valence-electron chi connectivity index (χ3n) is 8.64. The van der Waals surface area contributed by atoms with E-state index < -0.39 is 23.7 Å². The van der Waals surface area contributed by atoms with Gasteiger partial charge >= 0.3 is 12.2 Å². The number of rotatable bonds is 9. The van der Waals surface area contributed by atoms with Gasteiger partial charge in [0.2, 0.25) is 0 Å². The first-order chi connectivity index (χ1) is 25.4. The molecule has 0 aliphatic carbocycles. The minimum Gasteiger partial charge on any atom is -0.444 e. The van der Waals surface area contributed by atoms with Gasteiger partial charge in [-0.05, 0) is 68.5 Å². The number of piperidine rings is 1. The lowest BCUT2D eigenvalue weighted by molar-refractivity contribution is 0.0495. The molecule has 0 saturated carbocycles. The van der Waals surface area contributed by atoms with E-state index in [9.17, 15) is 14.4 Å². The van der Waals surface area contributed by atoms with Crippen LogP contribution >= 0.6 is 15.9 Å². The van der Waals surface area contributed by atoms with E-state index in [0.29, 0.717) is 24.3 Å². The maximum absolute atomic E-state index is 14.5. The van der Waals surface area contributed by atoms with Crippen LogP contribution in [0.5, 0.6) is 0 Å². The van der Waals surface area contributed by atoms with E-state index in [0.717, 1.165) is 33.1 Å². The fourth-order valence-electron chi connectivity index (χ4n) is 6.38. The molecular weight excluding hydrogens is 736 g/mol. The van der Waals surface area contributed by atoms with Crippen molar-refractivity contribution in [2.24, 2.45) is 5.92 Å². The van der Waals surface area contributed by atoms with Crippen LogP contribution in [0.2, 0.25) is 0 Å². The standard InChI is InChI=1S/C41H43BrN6O5/c1-27-19-32(44-39(50)53-41(2,3)4)25-47(23-27)35-17-18-43-22-34(35)46-38(49)37-36(20-30-15-16-31(42)21-33(30)45-37)48(24-28-11-7-5-8-12-28)40(51)52-26-29-13-9-6-10-14-29/h5-18,20-22,27,32H,19,23-26H2,1-4H3,(H,44,50)(H,46,49)/t27-,32+/m1/s1. The van der Waals surface area contributed by atoms with Gasteiger partial charge in [-0.15, -0.1) is 0 Å². The second kappa shape index (κ2) is 16.5. The Balaban J connectivity index is 1.33. The lowest BCUT2D eigenvalue weighted by Gasteiger charge is -2.39. The molecule has 3 aromatic carbocycles. The van der Waals surface area contributed by atoms with E-state index in [1.807, 2.05) is 106 Å². The van der Waals surface area contributed by atoms with Gasteiger partial charge in [0, 0.05) is 35.2 Å². The van der Waals surface area contributed by atoms with E-state index in [1.54, 1.807) is 18.5 Å². The van der Waals surface area contributed by atoms with Gasteiger partial charge in [-0.3, -0.25) is 14.7 Å². The molecule has 5 aromatic rings. The Morgan fingerprint density at radius 1 is 0.943 bits per heavy atom. The first kappa shape index (κ1) is 37.3. The van der Waals surface area contributed by atoms with Crippen molar-refractivity contribution in [3.8, 4) is 0 Å². The maximum atomic E-state index is 14.5. The van der Waals surface area contributed by atoms with Gasteiger partial charge in [-0.1, -0.05) is 89.6 Å². The second-order valence-corrected chi connectivity index (χ2v) is 15.2. The third kappa shape index (κ3) is 9.89.